The van der Waals surface area contributed by atoms with Crippen LogP contribution in [0.2, 0.25) is 0 Å². The maximum absolute atomic E-state index is 11.7. The van der Waals surface area contributed by atoms with Crippen LogP contribution in [0.25, 0.3) is 0 Å². The van der Waals surface area contributed by atoms with Gasteiger partial charge in [-0.3, -0.25) is 19.2 Å². The summed E-state index contributed by atoms with van der Waals surface area (Å²) in [7, 11) is 1.83. The van der Waals surface area contributed by atoms with Crippen LogP contribution in [0.4, 0.5) is 0 Å². The van der Waals surface area contributed by atoms with Crippen LogP contribution in [0.3, 0.4) is 0 Å². The molecule has 90 valence electrons. The fourth-order valence-corrected chi connectivity index (χ4v) is 1.97. The van der Waals surface area contributed by atoms with Crippen molar-refractivity contribution in [3.05, 3.63) is 29.1 Å². The van der Waals surface area contributed by atoms with Crippen molar-refractivity contribution in [2.45, 2.75) is 26.8 Å². The Morgan fingerprint density at radius 3 is 2.59 bits per heavy atom. The highest BCUT2D eigenvalue weighted by molar-refractivity contribution is 6.15. The van der Waals surface area contributed by atoms with Gasteiger partial charge in [0.1, 0.15) is 0 Å². The van der Waals surface area contributed by atoms with E-state index < -0.39 is 0 Å². The van der Waals surface area contributed by atoms with Gasteiger partial charge in [0.2, 0.25) is 0 Å². The molecule has 0 saturated heterocycles. The van der Waals surface area contributed by atoms with Gasteiger partial charge in [0.05, 0.1) is 12.2 Å². The largest absolute Gasteiger partial charge is 0.275 e. The van der Waals surface area contributed by atoms with E-state index in [1.807, 2.05) is 20.2 Å². The fraction of sp³-hybridized carbons (Fsp3) is 0.417. The smallest absolute Gasteiger partial charge is 0.256 e. The second-order valence-corrected chi connectivity index (χ2v) is 4.19. The first-order valence-electron chi connectivity index (χ1n) is 5.58. The minimum Gasteiger partial charge on any atom is -0.275 e. The SMILES string of the molecule is CCc1nn(C)cc1CN1C(=O)C=C(C)C1=O. The standard InChI is InChI=1S/C12H15N3O2/c1-4-10-9(6-14(3)13-10)7-15-11(16)5-8(2)12(15)17/h5-6H,4,7H2,1-3H3. The van der Waals surface area contributed by atoms with Crippen LogP contribution >= 0.6 is 0 Å². The van der Waals surface area contributed by atoms with Crippen molar-refractivity contribution in [1.82, 2.24) is 14.7 Å². The van der Waals surface area contributed by atoms with Gasteiger partial charge in [-0.15, -0.1) is 0 Å². The first-order valence-corrected chi connectivity index (χ1v) is 5.58. The van der Waals surface area contributed by atoms with Gasteiger partial charge in [0.15, 0.2) is 0 Å². The summed E-state index contributed by atoms with van der Waals surface area (Å²) in [5.74, 6) is -0.445. The van der Waals surface area contributed by atoms with E-state index in [4.69, 9.17) is 0 Å². The molecule has 0 radical (unpaired) electrons. The molecule has 5 heteroatoms. The molecule has 0 aromatic carbocycles. The monoisotopic (exact) mass is 233 g/mol. The molecule has 2 amide bonds. The normalized spacial score (nSPS) is 15.7. The van der Waals surface area contributed by atoms with Gasteiger partial charge in [0.25, 0.3) is 11.8 Å². The first kappa shape index (κ1) is 11.6. The van der Waals surface area contributed by atoms with Crippen molar-refractivity contribution in [1.29, 1.82) is 0 Å². The van der Waals surface area contributed by atoms with Gasteiger partial charge in [-0.05, 0) is 13.3 Å². The maximum Gasteiger partial charge on any atom is 0.256 e. The summed E-state index contributed by atoms with van der Waals surface area (Å²) in [6.07, 6.45) is 4.02. The summed E-state index contributed by atoms with van der Waals surface area (Å²) in [6, 6.07) is 0. The van der Waals surface area contributed by atoms with Gasteiger partial charge in [0, 0.05) is 30.5 Å². The molecule has 0 fully saturated rings. The summed E-state index contributed by atoms with van der Waals surface area (Å²) in [6.45, 7) is 3.97. The van der Waals surface area contributed by atoms with E-state index in [-0.39, 0.29) is 11.8 Å². The Morgan fingerprint density at radius 2 is 2.06 bits per heavy atom. The van der Waals surface area contributed by atoms with Crippen LogP contribution in [0, 0.1) is 0 Å². The molecular weight excluding hydrogens is 218 g/mol. The number of nitrogens with zero attached hydrogens (tertiary/aromatic N) is 3. The average molecular weight is 233 g/mol. The van der Waals surface area contributed by atoms with Gasteiger partial charge in [-0.25, -0.2) is 0 Å². The number of hydrogen-bond donors (Lipinski definition) is 0. The number of carbonyl (C=O) groups excluding carboxylic acids is 2. The second kappa shape index (κ2) is 4.16. The number of aryl methyl sites for hydroxylation is 2. The number of aromatic nitrogens is 2. The fourth-order valence-electron chi connectivity index (χ4n) is 1.97. The third-order valence-corrected chi connectivity index (χ3v) is 2.84. The number of hydrogen-bond acceptors (Lipinski definition) is 3. The summed E-state index contributed by atoms with van der Waals surface area (Å²) in [5.41, 5.74) is 2.36. The van der Waals surface area contributed by atoms with Gasteiger partial charge in [-0.2, -0.15) is 5.10 Å². The number of carbonyl (C=O) groups is 2. The summed E-state index contributed by atoms with van der Waals surface area (Å²) >= 11 is 0. The van der Waals surface area contributed by atoms with Crippen molar-refractivity contribution in [3.8, 4) is 0 Å². The zero-order valence-corrected chi connectivity index (χ0v) is 10.2. The Bertz CT molecular complexity index is 514. The highest BCUT2D eigenvalue weighted by atomic mass is 16.2. The van der Waals surface area contributed by atoms with Crippen LogP contribution in [0.15, 0.2) is 17.8 Å². The predicted octanol–water partition coefficient (Wildman–Crippen LogP) is 0.798. The molecule has 17 heavy (non-hydrogen) atoms. The molecular formula is C12H15N3O2. The highest BCUT2D eigenvalue weighted by Gasteiger charge is 2.29. The lowest BCUT2D eigenvalue weighted by molar-refractivity contribution is -0.137. The molecule has 2 rings (SSSR count). The second-order valence-electron chi connectivity index (χ2n) is 4.19. The molecule has 0 spiro atoms. The van der Waals surface area contributed by atoms with Gasteiger partial charge >= 0.3 is 0 Å². The van der Waals surface area contributed by atoms with E-state index in [1.54, 1.807) is 11.6 Å². The molecule has 1 aliphatic rings. The van der Waals surface area contributed by atoms with Gasteiger partial charge in [-0.1, -0.05) is 6.92 Å². The zero-order chi connectivity index (χ0) is 12.6. The molecule has 0 saturated carbocycles. The highest BCUT2D eigenvalue weighted by Crippen LogP contribution is 2.17. The van der Waals surface area contributed by atoms with Crippen LogP contribution in [-0.2, 0) is 29.6 Å². The van der Waals surface area contributed by atoms with Crippen LogP contribution in [0.5, 0.6) is 0 Å². The number of amides is 2. The minimum absolute atomic E-state index is 0.207. The zero-order valence-electron chi connectivity index (χ0n) is 10.2. The maximum atomic E-state index is 11.7. The Kier molecular flexibility index (Phi) is 2.83. The topological polar surface area (TPSA) is 55.2 Å². The lowest BCUT2D eigenvalue weighted by Gasteiger charge is -2.13. The predicted molar refractivity (Wildman–Crippen MR) is 61.9 cm³/mol. The van der Waals surface area contributed by atoms with Gasteiger partial charge < -0.3 is 0 Å². The molecule has 5 nitrogen and oxygen atoms in total. The first-order chi connectivity index (χ1) is 8.02. The Balaban J connectivity index is 2.22. The lowest BCUT2D eigenvalue weighted by Crippen LogP contribution is -2.30. The Labute approximate surface area is 99.7 Å². The molecule has 0 aliphatic carbocycles. The van der Waals surface area contributed by atoms with E-state index in [9.17, 15) is 9.59 Å². The minimum atomic E-state index is -0.238. The summed E-state index contributed by atoms with van der Waals surface area (Å²) in [4.78, 5) is 24.6. The third-order valence-electron chi connectivity index (χ3n) is 2.84. The molecule has 0 unspecified atom stereocenters. The molecule has 1 aromatic rings. The van der Waals surface area contributed by atoms with E-state index in [1.165, 1.54) is 11.0 Å². The molecule has 1 aliphatic heterocycles. The van der Waals surface area contributed by atoms with Crippen molar-refractivity contribution in [2.24, 2.45) is 7.05 Å². The quantitative estimate of drug-likeness (QED) is 0.725. The third kappa shape index (κ3) is 2.00. The Morgan fingerprint density at radius 1 is 1.35 bits per heavy atom. The van der Waals surface area contributed by atoms with E-state index in [2.05, 4.69) is 5.10 Å². The summed E-state index contributed by atoms with van der Waals surface area (Å²) < 4.78 is 1.71. The van der Waals surface area contributed by atoms with Crippen LogP contribution < -0.4 is 0 Å². The molecule has 0 atom stereocenters. The lowest BCUT2D eigenvalue weighted by atomic mass is 10.2. The molecule has 1 aromatic heterocycles. The van der Waals surface area contributed by atoms with Crippen molar-refractivity contribution < 1.29 is 9.59 Å². The van der Waals surface area contributed by atoms with Crippen molar-refractivity contribution in [2.75, 3.05) is 0 Å². The van der Waals surface area contributed by atoms with Crippen LogP contribution in [0.1, 0.15) is 25.1 Å². The van der Waals surface area contributed by atoms with E-state index in [0.717, 1.165) is 17.7 Å². The summed E-state index contributed by atoms with van der Waals surface area (Å²) in [5, 5.41) is 4.29. The Hall–Kier alpha value is -1.91. The molecule has 2 heterocycles. The van der Waals surface area contributed by atoms with E-state index in [0.29, 0.717) is 12.1 Å². The van der Waals surface area contributed by atoms with Crippen molar-refractivity contribution in [3.63, 3.8) is 0 Å². The average Bonchev–Trinajstić information content (AvgIpc) is 2.74. The molecule has 0 N–H and O–H groups in total. The number of imide groups is 1. The van der Waals surface area contributed by atoms with Crippen LogP contribution in [-0.4, -0.2) is 26.5 Å². The number of rotatable bonds is 3. The van der Waals surface area contributed by atoms with E-state index >= 15 is 0 Å². The molecule has 0 bridgehead atoms. The van der Waals surface area contributed by atoms with Crippen molar-refractivity contribution >= 4 is 11.8 Å².